The average Bonchev–Trinajstić information content (AvgIpc) is 2.78. The van der Waals surface area contributed by atoms with E-state index in [0.717, 1.165) is 54.0 Å². The summed E-state index contributed by atoms with van der Waals surface area (Å²) in [5.41, 5.74) is 3.11. The first-order valence-electron chi connectivity index (χ1n) is 11.0. The van der Waals surface area contributed by atoms with Gasteiger partial charge in [0.1, 0.15) is 11.9 Å². The zero-order valence-electron chi connectivity index (χ0n) is 18.4. The molecule has 1 atom stereocenters. The molecule has 3 aromatic rings. The second kappa shape index (κ2) is 9.02. The van der Waals surface area contributed by atoms with E-state index in [0.29, 0.717) is 0 Å². The van der Waals surface area contributed by atoms with Crippen LogP contribution < -0.4 is 10.2 Å². The number of nitrogens with one attached hydrogen (secondary N) is 1. The molecule has 6 heteroatoms. The quantitative estimate of drug-likeness (QED) is 0.660. The van der Waals surface area contributed by atoms with Gasteiger partial charge in [0, 0.05) is 30.1 Å². The zero-order chi connectivity index (χ0) is 22.0. The Morgan fingerprint density at radius 1 is 1.10 bits per heavy atom. The smallest absolute Gasteiger partial charge is 0.249 e. The van der Waals surface area contributed by atoms with Gasteiger partial charge in [-0.25, -0.2) is 9.97 Å². The molecular formula is C25H30N4O2. The Hall–Kier alpha value is -2.99. The van der Waals surface area contributed by atoms with Crippen molar-refractivity contribution in [2.45, 2.75) is 45.8 Å². The van der Waals surface area contributed by atoms with Crippen molar-refractivity contribution in [1.29, 1.82) is 0 Å². The van der Waals surface area contributed by atoms with Gasteiger partial charge in [-0.2, -0.15) is 0 Å². The monoisotopic (exact) mass is 418 g/mol. The summed E-state index contributed by atoms with van der Waals surface area (Å²) in [6.07, 6.45) is 0.670. The molecule has 6 nitrogen and oxygen atoms in total. The first kappa shape index (κ1) is 21.2. The standard InChI is InChI=1S/C25H30N4O2/c1-16(2)22(30)25(31)26-19-11-13-29(14-12-19)24-20-10-9-17(3)15-21(20)27-23(28-24)18-7-5-4-6-8-18/h4-10,15-16,19,22,30H,11-14H2,1-3H3,(H,26,31). The number of carbonyl (C=O) groups is 1. The number of anilines is 1. The van der Waals surface area contributed by atoms with Gasteiger partial charge in [0.25, 0.3) is 0 Å². The van der Waals surface area contributed by atoms with Crippen molar-refractivity contribution >= 4 is 22.6 Å². The van der Waals surface area contributed by atoms with Crippen LogP contribution in [0.4, 0.5) is 5.82 Å². The minimum atomic E-state index is -0.958. The molecule has 4 rings (SSSR count). The fourth-order valence-corrected chi connectivity index (χ4v) is 4.01. The summed E-state index contributed by atoms with van der Waals surface area (Å²) >= 11 is 0. The Morgan fingerprint density at radius 3 is 2.48 bits per heavy atom. The van der Waals surface area contributed by atoms with Gasteiger partial charge in [-0.1, -0.05) is 50.2 Å². The highest BCUT2D eigenvalue weighted by Crippen LogP contribution is 2.30. The lowest BCUT2D eigenvalue weighted by molar-refractivity contribution is -0.132. The number of benzene rings is 2. The van der Waals surface area contributed by atoms with Gasteiger partial charge in [-0.3, -0.25) is 4.79 Å². The number of aryl methyl sites for hydroxylation is 1. The number of hydrogen-bond donors (Lipinski definition) is 2. The van der Waals surface area contributed by atoms with Crippen molar-refractivity contribution in [3.8, 4) is 11.4 Å². The number of amides is 1. The van der Waals surface area contributed by atoms with Gasteiger partial charge >= 0.3 is 0 Å². The lowest BCUT2D eigenvalue weighted by atomic mass is 10.0. The zero-order valence-corrected chi connectivity index (χ0v) is 18.4. The number of piperidine rings is 1. The van der Waals surface area contributed by atoms with Crippen molar-refractivity contribution in [2.24, 2.45) is 5.92 Å². The molecule has 1 amide bonds. The highest BCUT2D eigenvalue weighted by atomic mass is 16.3. The molecule has 1 aromatic heterocycles. The Kier molecular flexibility index (Phi) is 6.18. The molecule has 1 aliphatic heterocycles. The van der Waals surface area contributed by atoms with Gasteiger partial charge in [-0.15, -0.1) is 0 Å². The number of carbonyl (C=O) groups excluding carboxylic acids is 1. The Bertz CT molecular complexity index is 1060. The van der Waals surface area contributed by atoms with Gasteiger partial charge in [-0.05, 0) is 43.4 Å². The highest BCUT2D eigenvalue weighted by molar-refractivity contribution is 5.91. The first-order chi connectivity index (χ1) is 14.9. The molecule has 0 bridgehead atoms. The first-order valence-corrected chi connectivity index (χ1v) is 11.0. The molecule has 0 radical (unpaired) electrons. The average molecular weight is 419 g/mol. The van der Waals surface area contributed by atoms with Crippen LogP contribution in [0.15, 0.2) is 48.5 Å². The van der Waals surface area contributed by atoms with Crippen LogP contribution in [0, 0.1) is 12.8 Å². The van der Waals surface area contributed by atoms with E-state index in [1.165, 1.54) is 5.56 Å². The third-order valence-electron chi connectivity index (χ3n) is 5.91. The molecule has 1 saturated heterocycles. The van der Waals surface area contributed by atoms with E-state index in [9.17, 15) is 9.90 Å². The van der Waals surface area contributed by atoms with Crippen LogP contribution in [0.25, 0.3) is 22.3 Å². The van der Waals surface area contributed by atoms with E-state index in [2.05, 4.69) is 35.3 Å². The maximum Gasteiger partial charge on any atom is 0.249 e. The maximum absolute atomic E-state index is 12.2. The third-order valence-corrected chi connectivity index (χ3v) is 5.91. The van der Waals surface area contributed by atoms with Gasteiger partial charge < -0.3 is 15.3 Å². The molecule has 1 fully saturated rings. The fourth-order valence-electron chi connectivity index (χ4n) is 4.01. The largest absolute Gasteiger partial charge is 0.383 e. The number of fused-ring (bicyclic) bond motifs is 1. The lowest BCUT2D eigenvalue weighted by Crippen LogP contribution is -2.48. The highest BCUT2D eigenvalue weighted by Gasteiger charge is 2.26. The van der Waals surface area contributed by atoms with Crippen LogP contribution >= 0.6 is 0 Å². The van der Waals surface area contributed by atoms with Crippen molar-refractivity contribution in [3.63, 3.8) is 0 Å². The SMILES string of the molecule is Cc1ccc2c(N3CCC(NC(=O)C(O)C(C)C)CC3)nc(-c3ccccc3)nc2c1. The molecule has 0 saturated carbocycles. The summed E-state index contributed by atoms with van der Waals surface area (Å²) < 4.78 is 0. The Labute approximate surface area is 183 Å². The van der Waals surface area contributed by atoms with Gasteiger partial charge in [0.15, 0.2) is 5.82 Å². The third kappa shape index (κ3) is 4.69. The van der Waals surface area contributed by atoms with E-state index in [1.54, 1.807) is 0 Å². The number of rotatable bonds is 5. The molecule has 0 spiro atoms. The van der Waals surface area contributed by atoms with E-state index >= 15 is 0 Å². The maximum atomic E-state index is 12.2. The minimum Gasteiger partial charge on any atom is -0.383 e. The van der Waals surface area contributed by atoms with E-state index < -0.39 is 6.10 Å². The number of nitrogens with zero attached hydrogens (tertiary/aromatic N) is 3. The normalized spacial score (nSPS) is 16.0. The summed E-state index contributed by atoms with van der Waals surface area (Å²) in [6, 6.07) is 16.4. The van der Waals surface area contributed by atoms with Gasteiger partial charge in [0.2, 0.25) is 5.91 Å². The second-order valence-corrected chi connectivity index (χ2v) is 8.72. The van der Waals surface area contributed by atoms with Crippen molar-refractivity contribution in [1.82, 2.24) is 15.3 Å². The van der Waals surface area contributed by atoms with Crippen LogP contribution in [0.1, 0.15) is 32.3 Å². The van der Waals surface area contributed by atoms with Crippen LogP contribution in [0.5, 0.6) is 0 Å². The van der Waals surface area contributed by atoms with Crippen LogP contribution in [-0.2, 0) is 4.79 Å². The molecular weight excluding hydrogens is 388 g/mol. The topological polar surface area (TPSA) is 78.4 Å². The summed E-state index contributed by atoms with van der Waals surface area (Å²) in [5, 5.41) is 14.0. The van der Waals surface area contributed by atoms with Crippen molar-refractivity contribution < 1.29 is 9.90 Å². The molecule has 0 aliphatic carbocycles. The van der Waals surface area contributed by atoms with Crippen molar-refractivity contribution in [2.75, 3.05) is 18.0 Å². The van der Waals surface area contributed by atoms with E-state index in [-0.39, 0.29) is 17.9 Å². The predicted octanol–water partition coefficient (Wildman–Crippen LogP) is 3.71. The number of aliphatic hydroxyl groups excluding tert-OH is 1. The minimum absolute atomic E-state index is 0.0705. The molecule has 2 aromatic carbocycles. The second-order valence-electron chi connectivity index (χ2n) is 8.72. The lowest BCUT2D eigenvalue weighted by Gasteiger charge is -2.34. The molecule has 1 aliphatic rings. The summed E-state index contributed by atoms with van der Waals surface area (Å²) in [7, 11) is 0. The predicted molar refractivity (Wildman–Crippen MR) is 124 cm³/mol. The molecule has 2 N–H and O–H groups in total. The van der Waals surface area contributed by atoms with Crippen LogP contribution in [-0.4, -0.2) is 46.2 Å². The number of aromatic nitrogens is 2. The number of hydrogen-bond acceptors (Lipinski definition) is 5. The summed E-state index contributed by atoms with van der Waals surface area (Å²) in [4.78, 5) is 24.3. The molecule has 1 unspecified atom stereocenters. The molecule has 31 heavy (non-hydrogen) atoms. The Morgan fingerprint density at radius 2 is 1.81 bits per heavy atom. The summed E-state index contributed by atoms with van der Waals surface area (Å²) in [5.74, 6) is 1.30. The van der Waals surface area contributed by atoms with Crippen molar-refractivity contribution in [3.05, 3.63) is 54.1 Å². The van der Waals surface area contributed by atoms with Crippen LogP contribution in [0.2, 0.25) is 0 Å². The fraction of sp³-hybridized carbons (Fsp3) is 0.400. The molecule has 162 valence electrons. The molecule has 2 heterocycles. The van der Waals surface area contributed by atoms with E-state index in [4.69, 9.17) is 9.97 Å². The number of aliphatic hydroxyl groups is 1. The van der Waals surface area contributed by atoms with E-state index in [1.807, 2.05) is 44.2 Å². The van der Waals surface area contributed by atoms with Gasteiger partial charge in [0.05, 0.1) is 5.52 Å². The van der Waals surface area contributed by atoms with Crippen LogP contribution in [0.3, 0.4) is 0 Å². The summed E-state index contributed by atoms with van der Waals surface area (Å²) in [6.45, 7) is 7.34. The Balaban J connectivity index is 1.58.